The van der Waals surface area contributed by atoms with E-state index in [2.05, 4.69) is 31.2 Å². The molecule has 0 amide bonds. The molecule has 0 saturated carbocycles. The maximum absolute atomic E-state index is 12.3. The second-order valence-electron chi connectivity index (χ2n) is 4.22. The maximum atomic E-state index is 12.3. The molecule has 1 rings (SSSR count). The number of nitrogens with one attached hydrogen (secondary N) is 1. The van der Waals surface area contributed by atoms with Crippen LogP contribution in [0.25, 0.3) is 0 Å². The molecular weight excluding hydrogens is 339 g/mol. The fraction of sp³-hybridized carbons (Fsp3) is 0.667. The molecule has 0 aliphatic rings. The summed E-state index contributed by atoms with van der Waals surface area (Å²) in [6, 6.07) is 0. The maximum Gasteiger partial charge on any atom is 0.389 e. The number of nitrogens with zero attached hydrogens (tertiary/aromatic N) is 2. The highest BCUT2D eigenvalue weighted by Gasteiger charge is 2.27. The highest BCUT2D eigenvalue weighted by Crippen LogP contribution is 2.26. The van der Waals surface area contributed by atoms with Gasteiger partial charge in [-0.25, -0.2) is 9.97 Å². The van der Waals surface area contributed by atoms with Gasteiger partial charge in [-0.1, -0.05) is 6.92 Å². The van der Waals surface area contributed by atoms with Gasteiger partial charge < -0.3 is 10.1 Å². The Balaban J connectivity index is 2.95. The molecular formula is C12H17BrF3N3O. The van der Waals surface area contributed by atoms with Crippen molar-refractivity contribution in [1.82, 2.24) is 9.97 Å². The molecule has 114 valence electrons. The zero-order valence-electron chi connectivity index (χ0n) is 11.4. The molecule has 0 aliphatic heterocycles. The summed E-state index contributed by atoms with van der Waals surface area (Å²) in [7, 11) is 1.50. The van der Waals surface area contributed by atoms with Gasteiger partial charge in [-0.15, -0.1) is 0 Å². The molecule has 0 spiro atoms. The van der Waals surface area contributed by atoms with Crippen molar-refractivity contribution in [3.63, 3.8) is 0 Å². The molecule has 20 heavy (non-hydrogen) atoms. The Labute approximate surface area is 124 Å². The Morgan fingerprint density at radius 1 is 1.30 bits per heavy atom. The fourth-order valence-corrected chi connectivity index (χ4v) is 1.93. The quantitative estimate of drug-likeness (QED) is 0.809. The highest BCUT2D eigenvalue weighted by molar-refractivity contribution is 9.10. The van der Waals surface area contributed by atoms with Gasteiger partial charge >= 0.3 is 6.18 Å². The standard InChI is InChI=1S/C12H17BrF3N3O/c1-3-6-17-11-10(13)8(7-20-2)18-9(19-11)4-5-12(14,15)16/h3-7H2,1-2H3,(H,17,18,19). The van der Waals surface area contributed by atoms with Crippen molar-refractivity contribution in [2.24, 2.45) is 0 Å². The van der Waals surface area contributed by atoms with Gasteiger partial charge in [0, 0.05) is 20.1 Å². The summed E-state index contributed by atoms with van der Waals surface area (Å²) in [5.41, 5.74) is 0.540. The van der Waals surface area contributed by atoms with Crippen LogP contribution in [0.2, 0.25) is 0 Å². The van der Waals surface area contributed by atoms with Crippen molar-refractivity contribution in [1.29, 1.82) is 0 Å². The Bertz CT molecular complexity index is 441. The summed E-state index contributed by atoms with van der Waals surface area (Å²) < 4.78 is 42.4. The average molecular weight is 356 g/mol. The van der Waals surface area contributed by atoms with E-state index < -0.39 is 12.6 Å². The Kier molecular flexibility index (Phi) is 6.67. The van der Waals surface area contributed by atoms with E-state index in [9.17, 15) is 13.2 Å². The van der Waals surface area contributed by atoms with Crippen molar-refractivity contribution in [2.45, 2.75) is 39.0 Å². The van der Waals surface area contributed by atoms with Crippen LogP contribution >= 0.6 is 15.9 Å². The van der Waals surface area contributed by atoms with Gasteiger partial charge in [0.25, 0.3) is 0 Å². The molecule has 4 nitrogen and oxygen atoms in total. The normalized spacial score (nSPS) is 11.7. The van der Waals surface area contributed by atoms with Crippen LogP contribution in [0.5, 0.6) is 0 Å². The van der Waals surface area contributed by atoms with E-state index >= 15 is 0 Å². The molecule has 0 bridgehead atoms. The lowest BCUT2D eigenvalue weighted by molar-refractivity contribution is -0.134. The van der Waals surface area contributed by atoms with E-state index in [4.69, 9.17) is 4.74 Å². The van der Waals surface area contributed by atoms with Crippen LogP contribution in [0.15, 0.2) is 4.47 Å². The first-order valence-corrected chi connectivity index (χ1v) is 7.01. The minimum absolute atomic E-state index is 0.163. The van der Waals surface area contributed by atoms with Crippen molar-refractivity contribution in [3.05, 3.63) is 16.0 Å². The Hall–Kier alpha value is -0.890. The smallest absolute Gasteiger partial charge is 0.378 e. The van der Waals surface area contributed by atoms with E-state index in [1.807, 2.05) is 6.92 Å². The van der Waals surface area contributed by atoms with E-state index in [0.29, 0.717) is 22.5 Å². The summed E-state index contributed by atoms with van der Waals surface area (Å²) in [6.45, 7) is 2.88. The Morgan fingerprint density at radius 2 is 2.00 bits per heavy atom. The number of ether oxygens (including phenoxy) is 1. The first kappa shape index (κ1) is 17.2. The number of aryl methyl sites for hydroxylation is 1. The monoisotopic (exact) mass is 355 g/mol. The van der Waals surface area contributed by atoms with Crippen LogP contribution in [0.3, 0.4) is 0 Å². The molecule has 0 aliphatic carbocycles. The second kappa shape index (κ2) is 7.78. The number of alkyl halides is 3. The summed E-state index contributed by atoms with van der Waals surface area (Å²) in [5, 5.41) is 3.06. The molecule has 0 saturated heterocycles. The molecule has 0 fully saturated rings. The molecule has 0 radical (unpaired) electrons. The predicted octanol–water partition coefficient (Wildman–Crippen LogP) is 3.70. The SMILES string of the molecule is CCCNc1nc(CCC(F)(F)F)nc(COC)c1Br. The topological polar surface area (TPSA) is 47.0 Å². The van der Waals surface area contributed by atoms with Gasteiger partial charge in [-0.05, 0) is 22.4 Å². The number of halogens is 4. The van der Waals surface area contributed by atoms with Crippen molar-refractivity contribution in [3.8, 4) is 0 Å². The van der Waals surface area contributed by atoms with Crippen LogP contribution < -0.4 is 5.32 Å². The predicted molar refractivity (Wildman–Crippen MR) is 73.6 cm³/mol. The van der Waals surface area contributed by atoms with Crippen molar-refractivity contribution < 1.29 is 17.9 Å². The lowest BCUT2D eigenvalue weighted by atomic mass is 10.2. The van der Waals surface area contributed by atoms with Gasteiger partial charge in [-0.3, -0.25) is 0 Å². The molecule has 1 aromatic heterocycles. The third-order valence-electron chi connectivity index (χ3n) is 2.42. The first-order valence-electron chi connectivity index (χ1n) is 6.22. The van der Waals surface area contributed by atoms with E-state index in [-0.39, 0.29) is 18.9 Å². The van der Waals surface area contributed by atoms with Crippen molar-refractivity contribution in [2.75, 3.05) is 19.0 Å². The third kappa shape index (κ3) is 5.62. The van der Waals surface area contributed by atoms with Gasteiger partial charge in [0.1, 0.15) is 11.6 Å². The summed E-state index contributed by atoms with van der Waals surface area (Å²) in [6.07, 6.45) is -4.51. The van der Waals surface area contributed by atoms with Crippen LogP contribution in [0.1, 0.15) is 31.3 Å². The average Bonchev–Trinajstić information content (AvgIpc) is 2.37. The van der Waals surface area contributed by atoms with Crippen molar-refractivity contribution >= 4 is 21.7 Å². The summed E-state index contributed by atoms with van der Waals surface area (Å²) in [5.74, 6) is 0.669. The van der Waals surface area contributed by atoms with Gasteiger partial charge in [0.15, 0.2) is 0 Å². The number of hydrogen-bond acceptors (Lipinski definition) is 4. The van der Waals surface area contributed by atoms with Gasteiger partial charge in [-0.2, -0.15) is 13.2 Å². The number of methoxy groups -OCH3 is 1. The molecule has 1 N–H and O–H groups in total. The molecule has 1 aromatic rings. The van der Waals surface area contributed by atoms with E-state index in [1.54, 1.807) is 0 Å². The molecule has 1 heterocycles. The van der Waals surface area contributed by atoms with Gasteiger partial charge in [0.05, 0.1) is 23.2 Å². The molecule has 8 heteroatoms. The van der Waals surface area contributed by atoms with Crippen LogP contribution in [-0.4, -0.2) is 29.8 Å². The second-order valence-corrected chi connectivity index (χ2v) is 5.02. The first-order chi connectivity index (χ1) is 9.37. The third-order valence-corrected chi connectivity index (χ3v) is 3.25. The zero-order valence-corrected chi connectivity index (χ0v) is 12.9. The largest absolute Gasteiger partial charge is 0.389 e. The number of hydrogen-bond donors (Lipinski definition) is 1. The number of anilines is 1. The summed E-state index contributed by atoms with van der Waals surface area (Å²) in [4.78, 5) is 8.24. The lowest BCUT2D eigenvalue weighted by Crippen LogP contribution is -2.13. The van der Waals surface area contributed by atoms with E-state index in [1.165, 1.54) is 7.11 Å². The number of aromatic nitrogens is 2. The minimum Gasteiger partial charge on any atom is -0.378 e. The fourth-order valence-electron chi connectivity index (χ4n) is 1.50. The lowest BCUT2D eigenvalue weighted by Gasteiger charge is -2.13. The number of rotatable bonds is 7. The molecule has 0 atom stereocenters. The van der Waals surface area contributed by atoms with Crippen LogP contribution in [0, 0.1) is 0 Å². The van der Waals surface area contributed by atoms with E-state index in [0.717, 1.165) is 6.42 Å². The van der Waals surface area contributed by atoms with Gasteiger partial charge in [0.2, 0.25) is 0 Å². The van der Waals surface area contributed by atoms with Crippen LogP contribution in [-0.2, 0) is 17.8 Å². The van der Waals surface area contributed by atoms with Crippen LogP contribution in [0.4, 0.5) is 19.0 Å². The Morgan fingerprint density at radius 3 is 2.55 bits per heavy atom. The molecule has 0 unspecified atom stereocenters. The highest BCUT2D eigenvalue weighted by atomic mass is 79.9. The molecule has 0 aromatic carbocycles. The summed E-state index contributed by atoms with van der Waals surface area (Å²) >= 11 is 3.35. The minimum atomic E-state index is -4.21. The zero-order chi connectivity index (χ0) is 15.2.